The zero-order chi connectivity index (χ0) is 31.3. The summed E-state index contributed by atoms with van der Waals surface area (Å²) in [5, 5.41) is 0. The maximum atomic E-state index is 4.48. The van der Waals surface area contributed by atoms with E-state index in [1.807, 2.05) is 0 Å². The van der Waals surface area contributed by atoms with E-state index in [0.717, 1.165) is 11.7 Å². The molecular formula is C38H51NSi3Zr+2. The Morgan fingerprint density at radius 1 is 0.744 bits per heavy atom. The molecule has 3 aliphatic carbocycles. The minimum atomic E-state index is -1.65. The van der Waals surface area contributed by atoms with Crippen LogP contribution in [0.25, 0.3) is 6.08 Å². The van der Waals surface area contributed by atoms with Crippen molar-refractivity contribution in [3.05, 3.63) is 138 Å². The number of hydrogen-bond donors (Lipinski definition) is 0. The minimum Gasteiger partial charge on any atom is -0.456 e. The molecule has 0 aliphatic heterocycles. The predicted octanol–water partition coefficient (Wildman–Crippen LogP) is 10.7. The third-order valence-electron chi connectivity index (χ3n) is 7.24. The number of nitrogens with zero attached hydrogens (tertiary/aromatic N) is 1. The first-order chi connectivity index (χ1) is 19.5. The van der Waals surface area contributed by atoms with Crippen LogP contribution in [-0.4, -0.2) is 30.4 Å². The monoisotopic (exact) mass is 695 g/mol. The average Bonchev–Trinajstić information content (AvgIpc) is 3.53. The van der Waals surface area contributed by atoms with E-state index in [1.54, 1.807) is 5.54 Å². The van der Waals surface area contributed by atoms with Crippen LogP contribution >= 0.6 is 0 Å². The Balaban J connectivity index is 0.000000269. The van der Waals surface area contributed by atoms with Crippen molar-refractivity contribution in [3.63, 3.8) is 0 Å². The summed E-state index contributed by atoms with van der Waals surface area (Å²) in [6, 6.07) is 16.0. The Bertz CT molecular complexity index is 1190. The second-order valence-corrected chi connectivity index (χ2v) is 29.5. The second kappa shape index (κ2) is 16.3. The molecule has 5 heteroatoms. The quantitative estimate of drug-likeness (QED) is 0.168. The first-order valence-corrected chi connectivity index (χ1v) is 25.6. The zero-order valence-corrected chi connectivity index (χ0v) is 33.9. The van der Waals surface area contributed by atoms with Crippen LogP contribution < -0.4 is 0 Å². The van der Waals surface area contributed by atoms with Crippen LogP contribution in [0, 0.1) is 81.3 Å². The first-order valence-electron chi connectivity index (χ1n) is 15.1. The summed E-state index contributed by atoms with van der Waals surface area (Å²) in [5.41, 5.74) is 9.39. The molecule has 2 aromatic rings. The van der Waals surface area contributed by atoms with E-state index in [1.165, 1.54) is 45.5 Å². The fraction of sp³-hybridized carbons (Fsp3) is 0.316. The van der Waals surface area contributed by atoms with E-state index >= 15 is 0 Å². The minimum absolute atomic E-state index is 0. The Labute approximate surface area is 289 Å². The molecular weight excluding hydrogens is 646 g/mol. The molecule has 2 saturated carbocycles. The molecule has 0 spiro atoms. The number of rotatable bonds is 5. The molecule has 0 amide bonds. The third-order valence-corrected chi connectivity index (χ3v) is 12.2. The normalized spacial score (nSPS) is 18.4. The average molecular weight is 697 g/mol. The smallest absolute Gasteiger partial charge is 0.456 e. The second-order valence-electron chi connectivity index (χ2n) is 14.6. The topological polar surface area (TPSA) is 12.4 Å². The van der Waals surface area contributed by atoms with Gasteiger partial charge >= 0.3 is 26.2 Å². The van der Waals surface area contributed by atoms with Crippen LogP contribution in [0.3, 0.4) is 0 Å². The van der Waals surface area contributed by atoms with Gasteiger partial charge in [-0.2, -0.15) is 6.21 Å². The van der Waals surface area contributed by atoms with Gasteiger partial charge in [0.05, 0.1) is 8.07 Å². The summed E-state index contributed by atoms with van der Waals surface area (Å²) in [5.74, 6) is 4.32. The fourth-order valence-electron chi connectivity index (χ4n) is 5.27. The van der Waals surface area contributed by atoms with Gasteiger partial charge in [0.2, 0.25) is 0 Å². The Hall–Kier alpha value is -0.616. The maximum absolute atomic E-state index is 4.48. The van der Waals surface area contributed by atoms with E-state index < -0.39 is 24.2 Å². The summed E-state index contributed by atoms with van der Waals surface area (Å²) in [7, 11) is -3.56. The van der Waals surface area contributed by atoms with E-state index in [2.05, 4.69) is 178 Å². The van der Waals surface area contributed by atoms with Crippen molar-refractivity contribution in [1.82, 2.24) is 0 Å². The molecule has 0 aromatic heterocycles. The molecule has 0 bridgehead atoms. The van der Waals surface area contributed by atoms with Gasteiger partial charge in [0.1, 0.15) is 0 Å². The summed E-state index contributed by atoms with van der Waals surface area (Å²) in [6.07, 6.45) is 19.1. The van der Waals surface area contributed by atoms with Gasteiger partial charge in [0.25, 0.3) is 0 Å². The molecule has 0 saturated heterocycles. The molecule has 2 aromatic carbocycles. The van der Waals surface area contributed by atoms with Crippen molar-refractivity contribution in [2.45, 2.75) is 79.2 Å². The number of benzene rings is 2. The number of aliphatic imine (C=N–C) groups is 1. The van der Waals surface area contributed by atoms with Crippen molar-refractivity contribution in [3.8, 4) is 0 Å². The number of para-hydroxylation sites is 1. The predicted molar refractivity (Wildman–Crippen MR) is 195 cm³/mol. The molecule has 3 aliphatic rings. The molecule has 10 radical (unpaired) electrons. The van der Waals surface area contributed by atoms with Gasteiger partial charge in [-0.15, -0.1) is 19.2 Å². The van der Waals surface area contributed by atoms with Gasteiger partial charge < -0.3 is 11.5 Å². The standard InChI is InChI=1S/C21H20Si.C13H20NSi.C4H11Si.Zr/c1-15-14-20-18-11-7-4-8-16(18)12-13-19(20)21(15)22(2,3)17-9-5-6-10-17;1-11-7-6-8-12(2)13(11)14-9-10-15(3,4)5;1-5(2,3)4;/h4-14H,1-3H3;6-8H,10H2,1-5H3;1H2,2-4H3;/q;2*-1;+4. The number of hydrogen-bond acceptors (Lipinski definition) is 1. The van der Waals surface area contributed by atoms with Crippen LogP contribution in [0.5, 0.6) is 0 Å². The van der Waals surface area contributed by atoms with E-state index in [4.69, 9.17) is 0 Å². The first kappa shape index (κ1) is 38.6. The summed E-state index contributed by atoms with van der Waals surface area (Å²) in [4.78, 5) is 4.48. The largest absolute Gasteiger partial charge is 4.00 e. The van der Waals surface area contributed by atoms with Crippen molar-refractivity contribution in [2.24, 2.45) is 4.99 Å². The number of allylic oxidation sites excluding steroid dienone is 1. The van der Waals surface area contributed by atoms with Gasteiger partial charge in [-0.05, 0) is 60.2 Å². The van der Waals surface area contributed by atoms with E-state index in [-0.39, 0.29) is 26.2 Å². The fourth-order valence-corrected chi connectivity index (χ4v) is 9.09. The van der Waals surface area contributed by atoms with Gasteiger partial charge in [-0.3, -0.25) is 0 Å². The Morgan fingerprint density at radius 3 is 1.86 bits per heavy atom. The molecule has 0 N–H and O–H groups in total. The van der Waals surface area contributed by atoms with Crippen molar-refractivity contribution in [2.75, 3.05) is 0 Å². The molecule has 43 heavy (non-hydrogen) atoms. The molecule has 0 unspecified atom stereocenters. The Kier molecular flexibility index (Phi) is 14.6. The maximum Gasteiger partial charge on any atom is 4.00 e. The molecule has 2 fully saturated rings. The van der Waals surface area contributed by atoms with Crippen LogP contribution in [-0.2, 0) is 26.2 Å². The van der Waals surface area contributed by atoms with Gasteiger partial charge in [0.15, 0.2) is 0 Å². The molecule has 1 nitrogen and oxygen atoms in total. The van der Waals surface area contributed by atoms with Crippen LogP contribution in [0.2, 0.25) is 58.4 Å². The SMILES string of the molecule is C[C]1[CH][C]2[C](C=Cc3ccccc32)[C]1[Si](C)(C)[C]1[CH][CH][CH][CH]1.Cc1cccc(C)c1N=[C-]C[Si](C)(C)C.[CH2-][Si](C)(C)C.[Zr+4]. The van der Waals surface area contributed by atoms with Crippen molar-refractivity contribution in [1.29, 1.82) is 0 Å². The van der Waals surface area contributed by atoms with Crippen LogP contribution in [0.1, 0.15) is 29.2 Å². The molecule has 222 valence electrons. The molecule has 5 rings (SSSR count). The van der Waals surface area contributed by atoms with Crippen LogP contribution in [0.15, 0.2) is 53.5 Å². The summed E-state index contributed by atoms with van der Waals surface area (Å²) < 4.78 is 0. The molecule has 0 atom stereocenters. The molecule has 0 heterocycles. The summed E-state index contributed by atoms with van der Waals surface area (Å²) in [6.45, 7) is 29.0. The number of fused-ring (bicyclic) bond motifs is 3. The van der Waals surface area contributed by atoms with Gasteiger partial charge in [0, 0.05) is 19.9 Å². The van der Waals surface area contributed by atoms with Crippen LogP contribution in [0.4, 0.5) is 5.69 Å². The third kappa shape index (κ3) is 11.3. The van der Waals surface area contributed by atoms with Crippen molar-refractivity contribution < 1.29 is 26.2 Å². The van der Waals surface area contributed by atoms with Crippen molar-refractivity contribution >= 4 is 42.2 Å². The Morgan fingerprint density at radius 2 is 1.30 bits per heavy atom. The van der Waals surface area contributed by atoms with Gasteiger partial charge in [-0.25, -0.2) is 0 Å². The van der Waals surface area contributed by atoms with E-state index in [9.17, 15) is 0 Å². The number of aryl methyl sites for hydroxylation is 2. The van der Waals surface area contributed by atoms with E-state index in [0.29, 0.717) is 0 Å². The van der Waals surface area contributed by atoms with Gasteiger partial charge in [-0.1, -0.05) is 139 Å². The zero-order valence-electron chi connectivity index (χ0n) is 28.4. The summed E-state index contributed by atoms with van der Waals surface area (Å²) >= 11 is 0.